The minimum absolute atomic E-state index is 0.138. The highest BCUT2D eigenvalue weighted by Gasteiger charge is 2.24. The van der Waals surface area contributed by atoms with Crippen LogP contribution in [0.5, 0.6) is 11.8 Å². The predicted octanol–water partition coefficient (Wildman–Crippen LogP) is 5.81. The first-order valence-corrected chi connectivity index (χ1v) is 8.99. The molecule has 0 radical (unpaired) electrons. The van der Waals surface area contributed by atoms with Gasteiger partial charge in [0.2, 0.25) is 11.8 Å². The number of rotatable bonds is 7. The molecule has 0 atom stereocenters. The van der Waals surface area contributed by atoms with Crippen LogP contribution in [0, 0.1) is 0 Å². The fourth-order valence-corrected chi connectivity index (χ4v) is 3.26. The van der Waals surface area contributed by atoms with Gasteiger partial charge in [-0.05, 0) is 17.5 Å². The molecule has 0 aliphatic carbocycles. The first-order valence-electron chi connectivity index (χ1n) is 8.99. The van der Waals surface area contributed by atoms with Crippen molar-refractivity contribution >= 4 is 0 Å². The summed E-state index contributed by atoms with van der Waals surface area (Å²) in [5, 5.41) is 21.7. The van der Waals surface area contributed by atoms with E-state index in [0.717, 1.165) is 30.4 Å². The number of aromatic hydroxyl groups is 2. The molecule has 0 aliphatic heterocycles. The first kappa shape index (κ1) is 17.2. The monoisotopic (exact) mass is 335 g/mol. The largest absolute Gasteiger partial charge is 0.494 e. The number of hydrogen-bond acceptors (Lipinski definition) is 2. The molecule has 0 unspecified atom stereocenters. The van der Waals surface area contributed by atoms with Gasteiger partial charge in [-0.2, -0.15) is 0 Å². The van der Waals surface area contributed by atoms with Gasteiger partial charge in [0.15, 0.2) is 0 Å². The van der Waals surface area contributed by atoms with Crippen LogP contribution in [0.4, 0.5) is 0 Å². The SMILES string of the molecule is CCCCCCn1c(O)c(-c2ccccc2)c(-c2ccccc2)c1O. The Morgan fingerprint density at radius 3 is 1.60 bits per heavy atom. The van der Waals surface area contributed by atoms with E-state index in [9.17, 15) is 10.2 Å². The Kier molecular flexibility index (Phi) is 5.44. The maximum absolute atomic E-state index is 10.9. The third-order valence-electron chi connectivity index (χ3n) is 4.57. The van der Waals surface area contributed by atoms with Gasteiger partial charge < -0.3 is 10.2 Å². The molecule has 130 valence electrons. The highest BCUT2D eigenvalue weighted by atomic mass is 16.3. The molecule has 2 N–H and O–H groups in total. The predicted molar refractivity (Wildman–Crippen MR) is 103 cm³/mol. The van der Waals surface area contributed by atoms with E-state index in [0.29, 0.717) is 17.7 Å². The third kappa shape index (κ3) is 3.55. The lowest BCUT2D eigenvalue weighted by Gasteiger charge is -2.07. The highest BCUT2D eigenvalue weighted by molar-refractivity contribution is 5.91. The molecular formula is C22H25NO2. The average Bonchev–Trinajstić information content (AvgIpc) is 2.91. The summed E-state index contributed by atoms with van der Waals surface area (Å²) in [6, 6.07) is 19.5. The molecule has 0 fully saturated rings. The molecule has 1 aromatic heterocycles. The van der Waals surface area contributed by atoms with Crippen molar-refractivity contribution in [2.45, 2.75) is 39.2 Å². The molecule has 0 spiro atoms. The summed E-state index contributed by atoms with van der Waals surface area (Å²) in [6.07, 6.45) is 4.36. The third-order valence-corrected chi connectivity index (χ3v) is 4.57. The second kappa shape index (κ2) is 7.93. The van der Waals surface area contributed by atoms with Gasteiger partial charge in [0.25, 0.3) is 0 Å². The summed E-state index contributed by atoms with van der Waals surface area (Å²) in [7, 11) is 0. The summed E-state index contributed by atoms with van der Waals surface area (Å²) in [6.45, 7) is 2.79. The zero-order valence-corrected chi connectivity index (χ0v) is 14.7. The van der Waals surface area contributed by atoms with E-state index < -0.39 is 0 Å². The molecule has 0 bridgehead atoms. The van der Waals surface area contributed by atoms with Gasteiger partial charge in [-0.1, -0.05) is 86.8 Å². The minimum atomic E-state index is 0.138. The van der Waals surface area contributed by atoms with Crippen LogP contribution in [0.15, 0.2) is 60.7 Å². The fraction of sp³-hybridized carbons (Fsp3) is 0.273. The second-order valence-electron chi connectivity index (χ2n) is 6.34. The van der Waals surface area contributed by atoms with Crippen molar-refractivity contribution in [2.24, 2.45) is 0 Å². The molecule has 2 aromatic carbocycles. The van der Waals surface area contributed by atoms with E-state index in [1.807, 2.05) is 60.7 Å². The number of hydrogen-bond donors (Lipinski definition) is 2. The Morgan fingerprint density at radius 1 is 0.680 bits per heavy atom. The molecule has 3 heteroatoms. The molecule has 3 rings (SSSR count). The first-order chi connectivity index (χ1) is 12.2. The Balaban J connectivity index is 2.09. The van der Waals surface area contributed by atoms with Crippen molar-refractivity contribution in [1.82, 2.24) is 4.57 Å². The Morgan fingerprint density at radius 2 is 1.16 bits per heavy atom. The topological polar surface area (TPSA) is 45.4 Å². The van der Waals surface area contributed by atoms with E-state index in [4.69, 9.17) is 0 Å². The van der Waals surface area contributed by atoms with Crippen molar-refractivity contribution in [1.29, 1.82) is 0 Å². The molecule has 1 heterocycles. The van der Waals surface area contributed by atoms with E-state index in [2.05, 4.69) is 6.92 Å². The van der Waals surface area contributed by atoms with Gasteiger partial charge in [-0.15, -0.1) is 0 Å². The maximum Gasteiger partial charge on any atom is 0.202 e. The van der Waals surface area contributed by atoms with Crippen LogP contribution >= 0.6 is 0 Å². The van der Waals surface area contributed by atoms with Gasteiger partial charge in [0, 0.05) is 6.54 Å². The quantitative estimate of drug-likeness (QED) is 0.535. The minimum Gasteiger partial charge on any atom is -0.494 e. The smallest absolute Gasteiger partial charge is 0.202 e. The molecule has 3 aromatic rings. The van der Waals surface area contributed by atoms with Crippen LogP contribution in [-0.4, -0.2) is 14.8 Å². The molecule has 25 heavy (non-hydrogen) atoms. The van der Waals surface area contributed by atoms with Gasteiger partial charge in [0.1, 0.15) is 0 Å². The number of benzene rings is 2. The maximum atomic E-state index is 10.9. The van der Waals surface area contributed by atoms with Crippen molar-refractivity contribution in [3.63, 3.8) is 0 Å². The van der Waals surface area contributed by atoms with Crippen LogP contribution < -0.4 is 0 Å². The van der Waals surface area contributed by atoms with E-state index in [-0.39, 0.29) is 11.8 Å². The second-order valence-corrected chi connectivity index (χ2v) is 6.34. The van der Waals surface area contributed by atoms with E-state index in [1.165, 1.54) is 6.42 Å². The Labute approximate surface area is 149 Å². The molecule has 0 saturated carbocycles. The molecule has 0 aliphatic rings. The molecule has 0 amide bonds. The van der Waals surface area contributed by atoms with E-state index >= 15 is 0 Å². The van der Waals surface area contributed by atoms with Crippen LogP contribution in [0.25, 0.3) is 22.3 Å². The lowest BCUT2D eigenvalue weighted by atomic mass is 9.98. The zero-order chi connectivity index (χ0) is 17.6. The normalized spacial score (nSPS) is 10.9. The summed E-state index contributed by atoms with van der Waals surface area (Å²) in [5.74, 6) is 0.276. The lowest BCUT2D eigenvalue weighted by molar-refractivity contribution is 0.363. The van der Waals surface area contributed by atoms with Gasteiger partial charge >= 0.3 is 0 Å². The number of unbranched alkanes of at least 4 members (excludes halogenated alkanes) is 3. The Bertz CT molecular complexity index is 744. The average molecular weight is 335 g/mol. The van der Waals surface area contributed by atoms with Gasteiger partial charge in [0.05, 0.1) is 11.1 Å². The van der Waals surface area contributed by atoms with Gasteiger partial charge in [-0.25, -0.2) is 0 Å². The Hall–Kier alpha value is -2.68. The zero-order valence-electron chi connectivity index (χ0n) is 14.7. The molecule has 0 saturated heterocycles. The van der Waals surface area contributed by atoms with Crippen LogP contribution in [0.3, 0.4) is 0 Å². The van der Waals surface area contributed by atoms with Crippen molar-refractivity contribution in [3.8, 4) is 34.0 Å². The molecule has 3 nitrogen and oxygen atoms in total. The summed E-state index contributed by atoms with van der Waals surface area (Å²) < 4.78 is 1.64. The van der Waals surface area contributed by atoms with Crippen molar-refractivity contribution in [3.05, 3.63) is 60.7 Å². The summed E-state index contributed by atoms with van der Waals surface area (Å²) in [5.41, 5.74) is 3.20. The van der Waals surface area contributed by atoms with Crippen LogP contribution in [0.2, 0.25) is 0 Å². The highest BCUT2D eigenvalue weighted by Crippen LogP contribution is 2.47. The summed E-state index contributed by atoms with van der Waals surface area (Å²) >= 11 is 0. The number of nitrogens with zero attached hydrogens (tertiary/aromatic N) is 1. The number of aromatic nitrogens is 1. The fourth-order valence-electron chi connectivity index (χ4n) is 3.26. The van der Waals surface area contributed by atoms with Crippen molar-refractivity contribution < 1.29 is 10.2 Å². The van der Waals surface area contributed by atoms with E-state index in [1.54, 1.807) is 4.57 Å². The standard InChI is InChI=1S/C22H25NO2/c1-2-3-4-11-16-23-21(24)19(17-12-7-5-8-13-17)20(22(23)25)18-14-9-6-10-15-18/h5-10,12-15,24-25H,2-4,11,16H2,1H3. The van der Waals surface area contributed by atoms with Crippen molar-refractivity contribution in [2.75, 3.05) is 0 Å². The van der Waals surface area contributed by atoms with Crippen LogP contribution in [0.1, 0.15) is 32.6 Å². The summed E-state index contributed by atoms with van der Waals surface area (Å²) in [4.78, 5) is 0. The van der Waals surface area contributed by atoms with Crippen LogP contribution in [-0.2, 0) is 6.54 Å². The van der Waals surface area contributed by atoms with Gasteiger partial charge in [-0.3, -0.25) is 4.57 Å². The molecular weight excluding hydrogens is 310 g/mol. The lowest BCUT2D eigenvalue weighted by Crippen LogP contribution is -1.97.